The Kier molecular flexibility index (Phi) is 8.45. The minimum atomic E-state index is -0.311. The molecule has 3 aromatic carbocycles. The Morgan fingerprint density at radius 1 is 0.936 bits per heavy atom. The van der Waals surface area contributed by atoms with Crippen LogP contribution in [-0.2, 0) is 13.6 Å². The van der Waals surface area contributed by atoms with E-state index in [1.165, 1.54) is 5.56 Å². The van der Waals surface area contributed by atoms with Crippen molar-refractivity contribution in [3.05, 3.63) is 102 Å². The topological polar surface area (TPSA) is 130 Å². The average molecular weight is 630 g/mol. The Balaban J connectivity index is 1.05. The molecular formula is C37H39N7O3. The maximum atomic E-state index is 13.9. The van der Waals surface area contributed by atoms with Gasteiger partial charge < -0.3 is 21.1 Å². The number of carbonyl (C=O) groups is 2. The van der Waals surface area contributed by atoms with E-state index in [9.17, 15) is 14.7 Å². The summed E-state index contributed by atoms with van der Waals surface area (Å²) in [7, 11) is 1.83. The molecule has 4 heterocycles. The summed E-state index contributed by atoms with van der Waals surface area (Å²) in [6.45, 7) is 3.00. The number of nitrogens with one attached hydrogen (secondary N) is 1. The van der Waals surface area contributed by atoms with Crippen LogP contribution >= 0.6 is 0 Å². The fourth-order valence-corrected chi connectivity index (χ4v) is 6.96. The third kappa shape index (κ3) is 6.22. The van der Waals surface area contributed by atoms with Crippen LogP contribution in [0.25, 0.3) is 33.0 Å². The molecule has 2 fully saturated rings. The highest BCUT2D eigenvalue weighted by Crippen LogP contribution is 2.32. The summed E-state index contributed by atoms with van der Waals surface area (Å²) in [5.41, 5.74) is 12.0. The number of anilines is 1. The number of benzene rings is 3. The van der Waals surface area contributed by atoms with Crippen LogP contribution in [0, 0.1) is 0 Å². The number of rotatable bonds is 8. The van der Waals surface area contributed by atoms with Crippen LogP contribution in [0.5, 0.6) is 0 Å². The van der Waals surface area contributed by atoms with Gasteiger partial charge in [0.15, 0.2) is 0 Å². The number of aliphatic hydroxyl groups excluding tert-OH is 1. The van der Waals surface area contributed by atoms with Gasteiger partial charge in [0.1, 0.15) is 5.82 Å². The van der Waals surface area contributed by atoms with Crippen LogP contribution < -0.4 is 11.1 Å². The molecule has 0 spiro atoms. The number of amides is 2. The number of nitrogens with two attached hydrogens (primary N) is 1. The molecule has 0 radical (unpaired) electrons. The molecule has 0 unspecified atom stereocenters. The second-order valence-electron chi connectivity index (χ2n) is 12.6. The number of aliphatic hydroxyl groups is 1. The number of nitrogens with zero attached hydrogens (tertiary/aromatic N) is 5. The summed E-state index contributed by atoms with van der Waals surface area (Å²) in [5.74, 6) is -0.206. The number of pyridine rings is 1. The van der Waals surface area contributed by atoms with E-state index in [0.717, 1.165) is 59.0 Å². The molecule has 5 aromatic rings. The van der Waals surface area contributed by atoms with E-state index in [2.05, 4.69) is 56.7 Å². The van der Waals surface area contributed by atoms with Gasteiger partial charge in [-0.3, -0.25) is 19.2 Å². The molecule has 2 aliphatic heterocycles. The molecule has 0 aliphatic carbocycles. The number of aryl methyl sites for hydroxylation is 1. The van der Waals surface area contributed by atoms with Gasteiger partial charge >= 0.3 is 0 Å². The molecular weight excluding hydrogens is 590 g/mol. The normalized spacial score (nSPS) is 18.2. The number of fused-ring (bicyclic) bond motifs is 1. The van der Waals surface area contributed by atoms with Crippen molar-refractivity contribution in [1.29, 1.82) is 0 Å². The summed E-state index contributed by atoms with van der Waals surface area (Å²) in [4.78, 5) is 35.6. The highest BCUT2D eigenvalue weighted by Gasteiger charge is 2.30. The highest BCUT2D eigenvalue weighted by atomic mass is 16.3. The lowest BCUT2D eigenvalue weighted by Gasteiger charge is -2.22. The molecule has 7 rings (SSSR count). The van der Waals surface area contributed by atoms with Crippen molar-refractivity contribution in [3.8, 4) is 22.3 Å². The van der Waals surface area contributed by atoms with Gasteiger partial charge in [0.05, 0.1) is 18.4 Å². The van der Waals surface area contributed by atoms with Gasteiger partial charge in [-0.2, -0.15) is 5.10 Å². The van der Waals surface area contributed by atoms with Crippen molar-refractivity contribution >= 4 is 28.4 Å². The summed E-state index contributed by atoms with van der Waals surface area (Å²) >= 11 is 0. The van der Waals surface area contributed by atoms with Gasteiger partial charge in [-0.25, -0.2) is 4.98 Å². The molecule has 4 N–H and O–H groups in total. The first kappa shape index (κ1) is 30.6. The van der Waals surface area contributed by atoms with Crippen LogP contribution in [-0.4, -0.2) is 79.8 Å². The Morgan fingerprint density at radius 2 is 1.74 bits per heavy atom. The Bertz CT molecular complexity index is 1940. The second kappa shape index (κ2) is 13.0. The zero-order chi connectivity index (χ0) is 32.5. The van der Waals surface area contributed by atoms with Crippen LogP contribution in [0.3, 0.4) is 0 Å². The largest absolute Gasteiger partial charge is 0.395 e. The van der Waals surface area contributed by atoms with Gasteiger partial charge in [-0.05, 0) is 65.4 Å². The molecule has 10 nitrogen and oxygen atoms in total. The van der Waals surface area contributed by atoms with E-state index in [4.69, 9.17) is 5.73 Å². The molecule has 240 valence electrons. The van der Waals surface area contributed by atoms with Gasteiger partial charge in [0.25, 0.3) is 11.8 Å². The van der Waals surface area contributed by atoms with Gasteiger partial charge in [-0.15, -0.1) is 0 Å². The van der Waals surface area contributed by atoms with E-state index in [-0.39, 0.29) is 36.3 Å². The number of aromatic nitrogens is 3. The van der Waals surface area contributed by atoms with Gasteiger partial charge in [-0.1, -0.05) is 54.6 Å². The zero-order valence-corrected chi connectivity index (χ0v) is 26.5. The average Bonchev–Trinajstić information content (AvgIpc) is 3.86. The number of carbonyl (C=O) groups excluding carboxylic acids is 2. The fourth-order valence-electron chi connectivity index (χ4n) is 6.96. The van der Waals surface area contributed by atoms with E-state index in [0.29, 0.717) is 30.6 Å². The molecule has 10 heteroatoms. The van der Waals surface area contributed by atoms with E-state index in [1.807, 2.05) is 42.4 Å². The van der Waals surface area contributed by atoms with Crippen molar-refractivity contribution in [2.24, 2.45) is 7.05 Å². The molecule has 2 aliphatic rings. The van der Waals surface area contributed by atoms with Gasteiger partial charge in [0.2, 0.25) is 0 Å². The van der Waals surface area contributed by atoms with Gasteiger partial charge in [0, 0.05) is 67.8 Å². The maximum absolute atomic E-state index is 13.9. The van der Waals surface area contributed by atoms with Crippen LogP contribution in [0.15, 0.2) is 85.3 Å². The predicted octanol–water partition coefficient (Wildman–Crippen LogP) is 4.49. The quantitative estimate of drug-likeness (QED) is 0.231. The Labute approximate surface area is 273 Å². The standard InChI is InChI=1S/C37H39N7O3/c1-42-21-27(19-40-42)26-17-34(35(38)39-18-26)36(46)41-28-14-16-44(22-28)37(47)33-9-3-7-31-30(6-2-8-32(31)33)25-12-10-24(11-13-25)20-43-15-4-5-29(43)23-45/h2-3,6-13,17-19,21,28-29,45H,4-5,14-16,20,22-23H2,1H3,(H2,38,39)(H,41,46)/t28-,29-/m1/s1. The fraction of sp³-hybridized carbons (Fsp3) is 0.297. The van der Waals surface area contributed by atoms with Crippen molar-refractivity contribution in [1.82, 2.24) is 29.9 Å². The minimum Gasteiger partial charge on any atom is -0.395 e. The lowest BCUT2D eigenvalue weighted by Crippen LogP contribution is -2.38. The number of likely N-dealkylation sites (tertiary alicyclic amines) is 2. The third-order valence-corrected chi connectivity index (χ3v) is 9.52. The molecule has 2 atom stereocenters. The smallest absolute Gasteiger partial charge is 0.255 e. The van der Waals surface area contributed by atoms with E-state index < -0.39 is 0 Å². The van der Waals surface area contributed by atoms with Crippen molar-refractivity contribution < 1.29 is 14.7 Å². The lowest BCUT2D eigenvalue weighted by molar-refractivity contribution is 0.0785. The number of nitrogen functional groups attached to an aromatic ring is 1. The first-order chi connectivity index (χ1) is 22.9. The third-order valence-electron chi connectivity index (χ3n) is 9.52. The highest BCUT2D eigenvalue weighted by molar-refractivity contribution is 6.10. The first-order valence-corrected chi connectivity index (χ1v) is 16.2. The van der Waals surface area contributed by atoms with Crippen molar-refractivity contribution in [3.63, 3.8) is 0 Å². The molecule has 0 saturated carbocycles. The van der Waals surface area contributed by atoms with Crippen LogP contribution in [0.1, 0.15) is 45.5 Å². The molecule has 2 aromatic heterocycles. The second-order valence-corrected chi connectivity index (χ2v) is 12.6. The maximum Gasteiger partial charge on any atom is 0.255 e. The first-order valence-electron chi connectivity index (χ1n) is 16.2. The van der Waals surface area contributed by atoms with E-state index >= 15 is 0 Å². The Morgan fingerprint density at radius 3 is 2.53 bits per heavy atom. The molecule has 47 heavy (non-hydrogen) atoms. The van der Waals surface area contributed by atoms with Crippen LogP contribution in [0.2, 0.25) is 0 Å². The summed E-state index contributed by atoms with van der Waals surface area (Å²) in [6, 6.07) is 22.4. The van der Waals surface area contributed by atoms with Crippen molar-refractivity contribution in [2.45, 2.75) is 37.9 Å². The zero-order valence-electron chi connectivity index (χ0n) is 26.5. The van der Waals surface area contributed by atoms with Crippen molar-refractivity contribution in [2.75, 3.05) is 32.0 Å². The molecule has 2 saturated heterocycles. The predicted molar refractivity (Wildman–Crippen MR) is 183 cm³/mol. The summed E-state index contributed by atoms with van der Waals surface area (Å²) in [5, 5.41) is 18.9. The lowest BCUT2D eigenvalue weighted by atomic mass is 9.94. The monoisotopic (exact) mass is 629 g/mol. The number of hydrogen-bond donors (Lipinski definition) is 3. The van der Waals surface area contributed by atoms with Crippen LogP contribution in [0.4, 0.5) is 5.82 Å². The summed E-state index contributed by atoms with van der Waals surface area (Å²) in [6.07, 6.45) is 8.02. The van der Waals surface area contributed by atoms with E-state index in [1.54, 1.807) is 23.1 Å². The number of hydrogen-bond acceptors (Lipinski definition) is 7. The minimum absolute atomic E-state index is 0.0522. The summed E-state index contributed by atoms with van der Waals surface area (Å²) < 4.78 is 1.69. The SMILES string of the molecule is Cn1cc(-c2cnc(N)c(C(=O)N[C@@H]3CCN(C(=O)c4cccc5c(-c6ccc(CN7CCC[C@@H]7CO)cc6)cccc45)C3)c2)cn1. The molecule has 2 amide bonds. The Hall–Kier alpha value is -5.06. The molecule has 0 bridgehead atoms.